The minimum Gasteiger partial charge on any atom is -0.465 e. The fraction of sp³-hybridized carbons (Fsp3) is 0.0870. The van der Waals surface area contributed by atoms with Crippen molar-refractivity contribution in [1.82, 2.24) is 0 Å². The van der Waals surface area contributed by atoms with E-state index < -0.39 is 0 Å². The third-order valence-corrected chi connectivity index (χ3v) is 5.85. The lowest BCUT2D eigenvalue weighted by Crippen LogP contribution is -2.02. The number of carbonyl (C=O) groups excluding carboxylic acids is 1. The SMILES string of the molecule is C=C(c1cccc(C(=O)OC)c1)c1ccc2c(c1)Cc1ccccc1S2. The van der Waals surface area contributed by atoms with Gasteiger partial charge in [-0.1, -0.05) is 54.7 Å². The van der Waals surface area contributed by atoms with Gasteiger partial charge in [0.25, 0.3) is 0 Å². The van der Waals surface area contributed by atoms with Crippen LogP contribution in [0.1, 0.15) is 32.6 Å². The monoisotopic (exact) mass is 358 g/mol. The largest absolute Gasteiger partial charge is 0.465 e. The first-order valence-corrected chi connectivity index (χ1v) is 9.24. The van der Waals surface area contributed by atoms with Crippen LogP contribution in [0.3, 0.4) is 0 Å². The number of rotatable bonds is 3. The molecule has 3 heteroatoms. The normalized spacial score (nSPS) is 12.0. The molecule has 0 aromatic heterocycles. The van der Waals surface area contributed by atoms with Crippen molar-refractivity contribution in [2.75, 3.05) is 7.11 Å². The van der Waals surface area contributed by atoms with Gasteiger partial charge in [0.2, 0.25) is 0 Å². The highest BCUT2D eigenvalue weighted by atomic mass is 32.2. The summed E-state index contributed by atoms with van der Waals surface area (Å²) < 4.78 is 4.81. The lowest BCUT2D eigenvalue weighted by Gasteiger charge is -2.20. The minimum atomic E-state index is -0.335. The quantitative estimate of drug-likeness (QED) is 0.447. The number of carbonyl (C=O) groups is 1. The maximum Gasteiger partial charge on any atom is 0.337 e. The van der Waals surface area contributed by atoms with Gasteiger partial charge in [0.15, 0.2) is 0 Å². The number of hydrogen-bond acceptors (Lipinski definition) is 3. The Balaban J connectivity index is 1.66. The second-order valence-corrected chi connectivity index (χ2v) is 7.34. The molecule has 0 spiro atoms. The van der Waals surface area contributed by atoms with Gasteiger partial charge < -0.3 is 4.74 Å². The predicted molar refractivity (Wildman–Crippen MR) is 106 cm³/mol. The van der Waals surface area contributed by atoms with Gasteiger partial charge in [-0.25, -0.2) is 4.79 Å². The summed E-state index contributed by atoms with van der Waals surface area (Å²) in [6.45, 7) is 4.26. The summed E-state index contributed by atoms with van der Waals surface area (Å²) in [5, 5.41) is 0. The minimum absolute atomic E-state index is 0.335. The van der Waals surface area contributed by atoms with Crippen molar-refractivity contribution in [1.29, 1.82) is 0 Å². The van der Waals surface area contributed by atoms with Gasteiger partial charge in [-0.05, 0) is 64.6 Å². The maximum atomic E-state index is 11.8. The number of benzene rings is 3. The van der Waals surface area contributed by atoms with Crippen molar-refractivity contribution in [3.05, 3.63) is 101 Å². The van der Waals surface area contributed by atoms with Gasteiger partial charge in [0.05, 0.1) is 12.7 Å². The molecule has 0 bridgehead atoms. The van der Waals surface area contributed by atoms with Crippen LogP contribution in [0.5, 0.6) is 0 Å². The van der Waals surface area contributed by atoms with E-state index in [9.17, 15) is 4.79 Å². The standard InChI is InChI=1S/C23H18O2S/c1-15(16-7-5-8-19(12-16)23(24)25-2)17-10-11-22-20(13-17)14-18-6-3-4-9-21(18)26-22/h3-13H,1,14H2,2H3. The molecule has 0 radical (unpaired) electrons. The number of esters is 1. The van der Waals surface area contributed by atoms with Crippen LogP contribution >= 0.6 is 11.8 Å². The fourth-order valence-electron chi connectivity index (χ4n) is 3.20. The molecule has 0 saturated heterocycles. The summed E-state index contributed by atoms with van der Waals surface area (Å²) in [6, 6.07) is 22.4. The topological polar surface area (TPSA) is 26.3 Å². The first-order valence-electron chi connectivity index (χ1n) is 8.42. The maximum absolute atomic E-state index is 11.8. The Morgan fingerprint density at radius 3 is 2.46 bits per heavy atom. The summed E-state index contributed by atoms with van der Waals surface area (Å²) in [7, 11) is 1.39. The molecular formula is C23H18O2S. The van der Waals surface area contributed by atoms with Gasteiger partial charge in [-0.15, -0.1) is 0 Å². The Bertz CT molecular complexity index is 1020. The van der Waals surface area contributed by atoms with E-state index in [-0.39, 0.29) is 5.97 Å². The van der Waals surface area contributed by atoms with Crippen LogP contribution in [-0.4, -0.2) is 13.1 Å². The van der Waals surface area contributed by atoms with Crippen molar-refractivity contribution in [3.8, 4) is 0 Å². The zero-order valence-corrected chi connectivity index (χ0v) is 15.3. The molecule has 1 aliphatic heterocycles. The van der Waals surface area contributed by atoms with E-state index >= 15 is 0 Å². The highest BCUT2D eigenvalue weighted by Gasteiger charge is 2.17. The fourth-order valence-corrected chi connectivity index (χ4v) is 4.25. The third-order valence-electron chi connectivity index (χ3n) is 4.61. The van der Waals surface area contributed by atoms with Gasteiger partial charge in [0, 0.05) is 9.79 Å². The lowest BCUT2D eigenvalue weighted by molar-refractivity contribution is 0.0600. The summed E-state index contributed by atoms with van der Waals surface area (Å²) in [6.07, 6.45) is 0.932. The molecule has 3 aromatic carbocycles. The molecule has 26 heavy (non-hydrogen) atoms. The van der Waals surface area contributed by atoms with Crippen molar-refractivity contribution in [3.63, 3.8) is 0 Å². The summed E-state index contributed by atoms with van der Waals surface area (Å²) in [4.78, 5) is 14.4. The van der Waals surface area contributed by atoms with Crippen molar-refractivity contribution < 1.29 is 9.53 Å². The molecule has 1 aliphatic rings. The molecule has 0 aliphatic carbocycles. The van der Waals surface area contributed by atoms with Crippen LogP contribution in [-0.2, 0) is 11.2 Å². The number of hydrogen-bond donors (Lipinski definition) is 0. The molecule has 0 N–H and O–H groups in total. The van der Waals surface area contributed by atoms with E-state index in [0.29, 0.717) is 5.56 Å². The molecule has 0 amide bonds. The van der Waals surface area contributed by atoms with Gasteiger partial charge in [0.1, 0.15) is 0 Å². The van der Waals surface area contributed by atoms with E-state index in [2.05, 4.69) is 49.0 Å². The Kier molecular flexibility index (Phi) is 4.39. The van der Waals surface area contributed by atoms with E-state index in [1.165, 1.54) is 28.0 Å². The van der Waals surface area contributed by atoms with E-state index in [1.54, 1.807) is 6.07 Å². The lowest BCUT2D eigenvalue weighted by atomic mass is 9.94. The average molecular weight is 358 g/mol. The highest BCUT2D eigenvalue weighted by Crippen LogP contribution is 2.40. The Hall–Kier alpha value is -2.78. The van der Waals surface area contributed by atoms with Gasteiger partial charge >= 0.3 is 5.97 Å². The van der Waals surface area contributed by atoms with Crippen molar-refractivity contribution >= 4 is 23.3 Å². The van der Waals surface area contributed by atoms with Crippen molar-refractivity contribution in [2.24, 2.45) is 0 Å². The molecule has 0 saturated carbocycles. The third kappa shape index (κ3) is 3.06. The number of ether oxygens (including phenoxy) is 1. The molecule has 0 fully saturated rings. The van der Waals surface area contributed by atoms with E-state index in [1.807, 2.05) is 30.0 Å². The second-order valence-electron chi connectivity index (χ2n) is 6.26. The summed E-state index contributed by atoms with van der Waals surface area (Å²) in [5.74, 6) is -0.335. The van der Waals surface area contributed by atoms with Crippen LogP contribution in [0, 0.1) is 0 Å². The average Bonchev–Trinajstić information content (AvgIpc) is 2.70. The molecule has 3 aromatic rings. The van der Waals surface area contributed by atoms with Crippen LogP contribution in [0.4, 0.5) is 0 Å². The van der Waals surface area contributed by atoms with E-state index in [0.717, 1.165) is 23.1 Å². The Labute approximate surface area is 157 Å². The Morgan fingerprint density at radius 1 is 0.885 bits per heavy atom. The number of methoxy groups -OCH3 is 1. The first kappa shape index (κ1) is 16.7. The molecule has 4 rings (SSSR count). The van der Waals surface area contributed by atoms with Gasteiger partial charge in [-0.2, -0.15) is 0 Å². The second kappa shape index (κ2) is 6.85. The van der Waals surface area contributed by atoms with Crippen LogP contribution in [0.15, 0.2) is 83.1 Å². The number of fused-ring (bicyclic) bond motifs is 2. The smallest absolute Gasteiger partial charge is 0.337 e. The van der Waals surface area contributed by atoms with Crippen molar-refractivity contribution in [2.45, 2.75) is 16.2 Å². The predicted octanol–water partition coefficient (Wildman–Crippen LogP) is 5.59. The zero-order valence-electron chi connectivity index (χ0n) is 14.5. The van der Waals surface area contributed by atoms with Gasteiger partial charge in [-0.3, -0.25) is 0 Å². The summed E-state index contributed by atoms with van der Waals surface area (Å²) >= 11 is 1.82. The molecule has 128 valence electrons. The zero-order chi connectivity index (χ0) is 18.1. The highest BCUT2D eigenvalue weighted by molar-refractivity contribution is 7.99. The van der Waals surface area contributed by atoms with Crippen LogP contribution in [0.25, 0.3) is 5.57 Å². The summed E-state index contributed by atoms with van der Waals surface area (Å²) in [5.41, 5.74) is 6.12. The first-order chi connectivity index (χ1) is 12.7. The van der Waals surface area contributed by atoms with E-state index in [4.69, 9.17) is 4.74 Å². The van der Waals surface area contributed by atoms with Crippen LogP contribution in [0.2, 0.25) is 0 Å². The Morgan fingerprint density at radius 2 is 1.62 bits per heavy atom. The molecule has 0 unspecified atom stereocenters. The molecule has 1 heterocycles. The molecule has 0 atom stereocenters. The molecule has 2 nitrogen and oxygen atoms in total. The molecular weight excluding hydrogens is 340 g/mol. The van der Waals surface area contributed by atoms with Crippen LogP contribution < -0.4 is 0 Å².